The number of halogens is 2. The lowest BCUT2D eigenvalue weighted by Gasteiger charge is -2.31. The lowest BCUT2D eigenvalue weighted by molar-refractivity contribution is 0.0478. The summed E-state index contributed by atoms with van der Waals surface area (Å²) in [7, 11) is 4.02. The minimum atomic E-state index is -1.11. The minimum Gasteiger partial charge on any atom is -0.477 e. The molecule has 1 aromatic carbocycles. The van der Waals surface area contributed by atoms with Crippen molar-refractivity contribution in [2.24, 2.45) is 22.9 Å². The third-order valence-corrected chi connectivity index (χ3v) is 24.6. The number of benzene rings is 1. The van der Waals surface area contributed by atoms with Gasteiger partial charge in [0.1, 0.15) is 73.8 Å². The average molecular weight is 2120 g/mol. The molecular formula is C103H169Cl2N25O18. The predicted molar refractivity (Wildman–Crippen MR) is 572 cm³/mol. The van der Waals surface area contributed by atoms with Crippen LogP contribution < -0.4 is 92.1 Å². The number of esters is 1. The molecule has 4 heterocycles. The van der Waals surface area contributed by atoms with E-state index in [-0.39, 0.29) is 118 Å². The molecule has 0 unspecified atom stereocenters. The van der Waals surface area contributed by atoms with Crippen LogP contribution in [0.2, 0.25) is 10.6 Å². The predicted octanol–water partition coefficient (Wildman–Crippen LogP) is 16.6. The zero-order valence-corrected chi connectivity index (χ0v) is 92.3. The number of ether oxygens (including phenoxy) is 7. The van der Waals surface area contributed by atoms with Gasteiger partial charge in [0.2, 0.25) is 16.5 Å². The first-order valence-electron chi connectivity index (χ1n) is 51.7. The van der Waals surface area contributed by atoms with Crippen LogP contribution in [0.5, 0.6) is 0 Å². The first-order valence-corrected chi connectivity index (χ1v) is 52.5. The van der Waals surface area contributed by atoms with Crippen molar-refractivity contribution in [3.05, 3.63) is 93.8 Å². The number of amides is 8. The van der Waals surface area contributed by atoms with Crippen molar-refractivity contribution in [1.29, 1.82) is 0 Å². The number of carbonyl (C=O) groups is 10. The number of aromatic carboxylic acids is 1. The maximum atomic E-state index is 12.1. The van der Waals surface area contributed by atoms with Gasteiger partial charge in [0, 0.05) is 115 Å². The van der Waals surface area contributed by atoms with Crippen molar-refractivity contribution >= 4 is 118 Å². The van der Waals surface area contributed by atoms with E-state index in [1.807, 2.05) is 169 Å². The highest BCUT2D eigenvalue weighted by atomic mass is 35.5. The summed E-state index contributed by atoms with van der Waals surface area (Å²) >= 11 is 11.6. The van der Waals surface area contributed by atoms with Gasteiger partial charge in [-0.25, -0.2) is 63.3 Å². The lowest BCUT2D eigenvalue weighted by atomic mass is 9.91. The van der Waals surface area contributed by atoms with Gasteiger partial charge in [-0.05, 0) is 368 Å². The summed E-state index contributed by atoms with van der Waals surface area (Å²) in [4.78, 5) is 150. The van der Waals surface area contributed by atoms with Crippen LogP contribution in [0.1, 0.15) is 359 Å². The van der Waals surface area contributed by atoms with E-state index in [0.29, 0.717) is 52.9 Å². The summed E-state index contributed by atoms with van der Waals surface area (Å²) in [5, 5.41) is 49.3. The third-order valence-electron chi connectivity index (χ3n) is 24.2. The Labute approximate surface area is 882 Å². The van der Waals surface area contributed by atoms with Crippen LogP contribution >= 0.6 is 23.2 Å². The second-order valence-corrected chi connectivity index (χ2v) is 44.9. The molecule has 7 saturated carbocycles. The Morgan fingerprint density at radius 1 is 0.338 bits per heavy atom. The van der Waals surface area contributed by atoms with Crippen molar-refractivity contribution in [1.82, 2.24) is 82.4 Å². The fourth-order valence-corrected chi connectivity index (χ4v) is 17.2. The van der Waals surface area contributed by atoms with Gasteiger partial charge in [-0.1, -0.05) is 18.2 Å². The number of aryl methyl sites for hydroxylation is 1. The number of hydrogen-bond donors (Lipinski definition) is 18. The average Bonchev–Trinajstić information content (AvgIpc) is 0.820. The maximum Gasteiger partial charge on any atom is 0.407 e. The smallest absolute Gasteiger partial charge is 0.407 e. The number of carbonyl (C=O) groups excluding carboxylic acids is 9. The van der Waals surface area contributed by atoms with Gasteiger partial charge in [-0.3, -0.25) is 9.59 Å². The molecule has 5 aromatic rings. The number of carboxylic acids is 1. The Balaban J connectivity index is 0.000000270. The number of primary amides is 2. The zero-order valence-electron chi connectivity index (χ0n) is 90.8. The number of aromatic nitrogens is 8. The Morgan fingerprint density at radius 2 is 0.581 bits per heavy atom. The maximum absolute atomic E-state index is 12.1. The molecule has 4 aromatic heterocycles. The van der Waals surface area contributed by atoms with Gasteiger partial charge >= 0.3 is 48.5 Å². The summed E-state index contributed by atoms with van der Waals surface area (Å²) in [5.74, 6) is -0.318. The molecular weight excluding hydrogens is 1950 g/mol. The molecule has 7 aliphatic carbocycles. The quantitative estimate of drug-likeness (QED) is 0.0164. The largest absolute Gasteiger partial charge is 0.477 e. The molecule has 828 valence electrons. The van der Waals surface area contributed by atoms with Gasteiger partial charge in [0.15, 0.2) is 0 Å². The minimum absolute atomic E-state index is 0.00669. The van der Waals surface area contributed by atoms with Crippen LogP contribution in [-0.2, 0) is 33.2 Å². The number of nitrogens with zero attached hydrogens (tertiary/aromatic N) is 8. The molecule has 43 nitrogen and oxygen atoms in total. The molecule has 45 heteroatoms. The Kier molecular flexibility index (Phi) is 51.0. The van der Waals surface area contributed by atoms with Gasteiger partial charge < -0.3 is 130 Å². The highest BCUT2D eigenvalue weighted by Crippen LogP contribution is 2.32. The van der Waals surface area contributed by atoms with E-state index >= 15 is 0 Å². The van der Waals surface area contributed by atoms with Crippen molar-refractivity contribution < 1.29 is 86.2 Å². The van der Waals surface area contributed by atoms with Gasteiger partial charge in [0.05, 0.1) is 17.7 Å². The van der Waals surface area contributed by atoms with Crippen molar-refractivity contribution in [3.8, 4) is 0 Å². The molecule has 0 atom stereocenters. The third kappa shape index (κ3) is 51.6. The van der Waals surface area contributed by atoms with Gasteiger partial charge in [-0.15, -0.1) is 0 Å². The van der Waals surface area contributed by atoms with E-state index in [0.717, 1.165) is 166 Å². The standard InChI is InChI=1S/C22H30N6O3.C18H27ClN4O4.C17H27N5O3.C16H23ClN4O4.C12H24N2O2.C11H22N2O2.C7H16N2/c1-22(2,3)31-21(30)27-16-11-9-15(10-12-16)25-19-17(18(23)29)13-24-20(28-19)26-14-7-5-4-6-8-14;1-5-26-15(24)13-10-20-16(19)23-14(13)21-11-6-8-12(9-7-11)22-17(25)27-18(2,3)4;1-10-19-9-13(14(18)23)15(20-10)21-11-5-7-12(8-6-11)22-16(24)25-17(2,3)4;1-16(2,3)25-15(24)20-10-6-4-9(5-7-10)19-12-11(13(22)23)8-18-14(17)21-12;1-12(2,3)16-11(15)14-10-7-5-9(13-4)6-8-10;1-11(2,3)15-10(14)13-9-6-4-8(12)5-7-9;1-9-7-4-2-6(8)3-5-7/h4-8,13,15-16H,9-12H2,1-3H3,(H2,23,29)(H,27,30)(H2,24,25,26,28);10-12H,5-9H2,1-4H3,(H,22,25)(H,20,21,23);9,11-12H,5-8H2,1-4H3,(H2,18,23)(H,22,24)(H,19,20,21);8-10H,4-7H2,1-3H3,(H,20,24)(H,22,23)(H,18,19,21);9-10,13H,5-8H2,1-4H3,(H,14,15);8-9H,4-7,12H2,1-3H3,(H,13,14);6-7,9H,2-5,8H2,1H3. The number of para-hydroxylation sites is 1. The second-order valence-electron chi connectivity index (χ2n) is 44.2. The molecule has 7 aliphatic rings. The number of nitrogens with one attached hydrogen (secondary N) is 13. The lowest BCUT2D eigenvalue weighted by Crippen LogP contribution is -2.43. The molecule has 0 bridgehead atoms. The summed E-state index contributed by atoms with van der Waals surface area (Å²) in [6.07, 6.45) is 29.2. The Morgan fingerprint density at radius 3 is 0.858 bits per heavy atom. The fourth-order valence-electron chi connectivity index (χ4n) is 16.9. The number of anilines is 6. The Bertz CT molecular complexity index is 4850. The molecule has 8 amide bonds. The zero-order chi connectivity index (χ0) is 110. The second kappa shape index (κ2) is 60.3. The van der Waals surface area contributed by atoms with Crippen molar-refractivity contribution in [2.75, 3.05) is 47.3 Å². The number of hydrogen-bond acceptors (Lipinski definition) is 34. The number of alkyl carbamates (subject to hydrolysis) is 6. The molecule has 0 aliphatic heterocycles. The number of nitrogens with two attached hydrogens (primary N) is 4. The summed E-state index contributed by atoms with van der Waals surface area (Å²) in [6.45, 7) is 37.0. The van der Waals surface area contributed by atoms with Crippen LogP contribution in [0.15, 0.2) is 55.1 Å². The molecule has 148 heavy (non-hydrogen) atoms. The van der Waals surface area contributed by atoms with Crippen LogP contribution in [0, 0.1) is 6.92 Å². The SMILES string of the molecule is CC(C)(C)OC(=O)NC1CCC(N)CC1.CC(C)(C)OC(=O)NC1CCC(Nc2nc(Cl)ncc2C(=O)O)CC1.CC(C)(C)OC(=O)NC1CCC(Nc2nc(Nc3ccccc3)ncc2C(N)=O)CC1.CCOC(=O)c1cnc(Cl)nc1NC1CCC(NC(=O)OC(C)(C)C)CC1.CNC1CCC(N)CC1.CNC1CCC(NC(=O)OC(C)(C)C)CC1.Cc1ncc(C(N)=O)c(NC2CCC(NC(=O)OC(C)(C)C)CC2)n1. The van der Waals surface area contributed by atoms with Crippen LogP contribution in [0.3, 0.4) is 0 Å². The van der Waals surface area contributed by atoms with E-state index in [9.17, 15) is 53.1 Å². The molecule has 12 rings (SSSR count). The van der Waals surface area contributed by atoms with Crippen LogP contribution in [-0.4, -0.2) is 244 Å². The van der Waals surface area contributed by atoms with E-state index in [1.54, 1.807) is 13.8 Å². The van der Waals surface area contributed by atoms with Crippen LogP contribution in [0.4, 0.5) is 63.7 Å². The van der Waals surface area contributed by atoms with Crippen molar-refractivity contribution in [3.63, 3.8) is 0 Å². The number of rotatable bonds is 23. The molecule has 0 radical (unpaired) electrons. The van der Waals surface area contributed by atoms with Gasteiger partial charge in [0.25, 0.3) is 11.8 Å². The van der Waals surface area contributed by atoms with Crippen molar-refractivity contribution in [2.45, 2.75) is 436 Å². The summed E-state index contributed by atoms with van der Waals surface area (Å²) in [5.41, 5.74) is 21.1. The molecule has 0 saturated heterocycles. The van der Waals surface area contributed by atoms with E-state index in [4.69, 9.17) is 79.3 Å². The van der Waals surface area contributed by atoms with E-state index in [1.165, 1.54) is 50.5 Å². The monoisotopic (exact) mass is 2110 g/mol. The van der Waals surface area contributed by atoms with Gasteiger partial charge in [-0.2, -0.15) is 15.0 Å². The van der Waals surface area contributed by atoms with E-state index in [2.05, 4.69) is 109 Å². The van der Waals surface area contributed by atoms with Crippen LogP contribution in [0.25, 0.3) is 0 Å². The Hall–Kier alpha value is -11.5. The molecule has 22 N–H and O–H groups in total. The molecule has 0 spiro atoms. The first kappa shape index (κ1) is 125. The topological polar surface area (TPSA) is 619 Å². The fraction of sp³-hybridized carbons (Fsp3) is 0.689. The number of carboxylic acid groups (broad SMARTS) is 1. The normalized spacial score (nSPS) is 22.3. The van der Waals surface area contributed by atoms with E-state index < -0.39 is 75.6 Å². The summed E-state index contributed by atoms with van der Waals surface area (Å²) < 4.78 is 36.6. The first-order chi connectivity index (χ1) is 69.2. The summed E-state index contributed by atoms with van der Waals surface area (Å²) in [6, 6.07) is 12.9. The highest BCUT2D eigenvalue weighted by Gasteiger charge is 2.35. The molecule has 7 fully saturated rings. The highest BCUT2D eigenvalue weighted by molar-refractivity contribution is 6.28.